The SMILES string of the molecule is CC(=O)Nc1nccc2c1CN(C(C)c1ccc(OCC(F)F)c(C)c1)C2=O. The number of amides is 2. The van der Waals surface area contributed by atoms with E-state index in [2.05, 4.69) is 10.3 Å². The van der Waals surface area contributed by atoms with Crippen LogP contribution in [0.4, 0.5) is 14.6 Å². The van der Waals surface area contributed by atoms with Crippen molar-refractivity contribution in [2.24, 2.45) is 0 Å². The van der Waals surface area contributed by atoms with Gasteiger partial charge in [-0.05, 0) is 37.1 Å². The lowest BCUT2D eigenvalue weighted by atomic mass is 10.0. The van der Waals surface area contributed by atoms with Gasteiger partial charge in [0, 0.05) is 24.2 Å². The van der Waals surface area contributed by atoms with Gasteiger partial charge in [-0.3, -0.25) is 9.59 Å². The van der Waals surface area contributed by atoms with E-state index in [0.717, 1.165) is 11.1 Å². The van der Waals surface area contributed by atoms with Gasteiger partial charge in [0.15, 0.2) is 0 Å². The molecular weight excluding hydrogens is 368 g/mol. The number of aromatic nitrogens is 1. The zero-order chi connectivity index (χ0) is 20.4. The van der Waals surface area contributed by atoms with Gasteiger partial charge in [0.1, 0.15) is 18.2 Å². The number of halogens is 2. The van der Waals surface area contributed by atoms with Crippen LogP contribution in [-0.4, -0.2) is 34.7 Å². The Bertz CT molecular complexity index is 918. The van der Waals surface area contributed by atoms with Crippen LogP contribution in [0.3, 0.4) is 0 Å². The van der Waals surface area contributed by atoms with E-state index in [1.54, 1.807) is 30.0 Å². The van der Waals surface area contributed by atoms with E-state index in [-0.39, 0.29) is 17.9 Å². The van der Waals surface area contributed by atoms with Crippen molar-refractivity contribution in [3.63, 3.8) is 0 Å². The Morgan fingerprint density at radius 3 is 2.75 bits per heavy atom. The molecule has 1 atom stereocenters. The number of rotatable bonds is 6. The molecule has 1 aromatic carbocycles. The van der Waals surface area contributed by atoms with Crippen LogP contribution in [0.15, 0.2) is 30.5 Å². The van der Waals surface area contributed by atoms with Crippen molar-refractivity contribution < 1.29 is 23.1 Å². The number of benzene rings is 1. The Morgan fingerprint density at radius 1 is 1.36 bits per heavy atom. The molecule has 1 aliphatic heterocycles. The molecule has 0 fully saturated rings. The van der Waals surface area contributed by atoms with E-state index in [0.29, 0.717) is 29.2 Å². The zero-order valence-electron chi connectivity index (χ0n) is 15.8. The van der Waals surface area contributed by atoms with Gasteiger partial charge in [0.05, 0.1) is 12.6 Å². The molecule has 6 nitrogen and oxygen atoms in total. The van der Waals surface area contributed by atoms with Crippen molar-refractivity contribution in [3.05, 3.63) is 52.7 Å². The zero-order valence-corrected chi connectivity index (χ0v) is 15.8. The second kappa shape index (κ2) is 7.92. The molecule has 8 heteroatoms. The fraction of sp³-hybridized carbons (Fsp3) is 0.350. The first kappa shape index (κ1) is 19.7. The third kappa shape index (κ3) is 3.95. The first-order chi connectivity index (χ1) is 13.3. The molecule has 0 bridgehead atoms. The Hall–Kier alpha value is -3.03. The fourth-order valence-electron chi connectivity index (χ4n) is 3.26. The number of aryl methyl sites for hydroxylation is 1. The molecule has 28 heavy (non-hydrogen) atoms. The largest absolute Gasteiger partial charge is 0.487 e. The monoisotopic (exact) mass is 389 g/mol. The Balaban J connectivity index is 1.81. The predicted octanol–water partition coefficient (Wildman–Crippen LogP) is 3.71. The molecule has 0 saturated carbocycles. The van der Waals surface area contributed by atoms with E-state index in [1.807, 2.05) is 13.0 Å². The van der Waals surface area contributed by atoms with Crippen molar-refractivity contribution in [1.82, 2.24) is 9.88 Å². The first-order valence-electron chi connectivity index (χ1n) is 8.86. The lowest BCUT2D eigenvalue weighted by Gasteiger charge is -2.25. The van der Waals surface area contributed by atoms with E-state index in [1.165, 1.54) is 13.1 Å². The van der Waals surface area contributed by atoms with E-state index in [4.69, 9.17) is 4.74 Å². The molecular formula is C20H21F2N3O3. The van der Waals surface area contributed by atoms with Crippen LogP contribution in [-0.2, 0) is 11.3 Å². The molecule has 1 aromatic heterocycles. The lowest BCUT2D eigenvalue weighted by molar-refractivity contribution is -0.114. The van der Waals surface area contributed by atoms with Crippen molar-refractivity contribution in [1.29, 1.82) is 0 Å². The van der Waals surface area contributed by atoms with Crippen molar-refractivity contribution >= 4 is 17.6 Å². The van der Waals surface area contributed by atoms with Crippen molar-refractivity contribution in [2.75, 3.05) is 11.9 Å². The van der Waals surface area contributed by atoms with Gasteiger partial charge in [0.2, 0.25) is 5.91 Å². The summed E-state index contributed by atoms with van der Waals surface area (Å²) in [4.78, 5) is 30.1. The highest BCUT2D eigenvalue weighted by atomic mass is 19.3. The van der Waals surface area contributed by atoms with Gasteiger partial charge in [0.25, 0.3) is 12.3 Å². The molecule has 148 valence electrons. The molecule has 3 rings (SSSR count). The van der Waals surface area contributed by atoms with Crippen LogP contribution in [0.2, 0.25) is 0 Å². The maximum Gasteiger partial charge on any atom is 0.272 e. The topological polar surface area (TPSA) is 71.5 Å². The number of hydrogen-bond acceptors (Lipinski definition) is 4. The highest BCUT2D eigenvalue weighted by Gasteiger charge is 2.33. The van der Waals surface area contributed by atoms with E-state index < -0.39 is 13.0 Å². The van der Waals surface area contributed by atoms with Crippen LogP contribution in [0, 0.1) is 6.92 Å². The highest BCUT2D eigenvalue weighted by molar-refractivity contribution is 6.01. The van der Waals surface area contributed by atoms with Gasteiger partial charge in [-0.1, -0.05) is 12.1 Å². The number of carbonyl (C=O) groups excluding carboxylic acids is 2. The average molecular weight is 389 g/mol. The predicted molar refractivity (Wildman–Crippen MR) is 99.5 cm³/mol. The van der Waals surface area contributed by atoms with Gasteiger partial charge >= 0.3 is 0 Å². The number of pyridine rings is 1. The maximum absolute atomic E-state index is 12.9. The normalized spacial score (nSPS) is 14.2. The number of fused-ring (bicyclic) bond motifs is 1. The van der Waals surface area contributed by atoms with Crippen molar-refractivity contribution in [3.8, 4) is 5.75 Å². The number of nitrogens with zero attached hydrogens (tertiary/aromatic N) is 2. The lowest BCUT2D eigenvalue weighted by Crippen LogP contribution is -2.27. The Morgan fingerprint density at radius 2 is 2.11 bits per heavy atom. The summed E-state index contributed by atoms with van der Waals surface area (Å²) in [5.41, 5.74) is 2.77. The van der Waals surface area contributed by atoms with Crippen LogP contribution in [0.25, 0.3) is 0 Å². The van der Waals surface area contributed by atoms with Gasteiger partial charge in [-0.15, -0.1) is 0 Å². The molecule has 0 radical (unpaired) electrons. The minimum absolute atomic E-state index is 0.146. The molecule has 0 spiro atoms. The van der Waals surface area contributed by atoms with Gasteiger partial charge in [-0.25, -0.2) is 13.8 Å². The van der Waals surface area contributed by atoms with Gasteiger partial charge < -0.3 is 15.0 Å². The quantitative estimate of drug-likeness (QED) is 0.818. The number of hydrogen-bond donors (Lipinski definition) is 1. The summed E-state index contributed by atoms with van der Waals surface area (Å²) in [6.45, 7) is 4.72. The van der Waals surface area contributed by atoms with E-state index >= 15 is 0 Å². The van der Waals surface area contributed by atoms with Crippen LogP contribution < -0.4 is 10.1 Å². The van der Waals surface area contributed by atoms with Crippen LogP contribution >= 0.6 is 0 Å². The molecule has 0 aliphatic carbocycles. The minimum atomic E-state index is -2.54. The number of carbonyl (C=O) groups is 2. The molecule has 1 unspecified atom stereocenters. The number of nitrogens with one attached hydrogen (secondary N) is 1. The molecule has 1 N–H and O–H groups in total. The third-order valence-corrected chi connectivity index (χ3v) is 4.68. The molecule has 0 saturated heterocycles. The summed E-state index contributed by atoms with van der Waals surface area (Å²) in [6.07, 6.45) is -1.04. The Kier molecular flexibility index (Phi) is 5.58. The van der Waals surface area contributed by atoms with E-state index in [9.17, 15) is 18.4 Å². The second-order valence-corrected chi connectivity index (χ2v) is 6.70. The molecule has 2 heterocycles. The number of anilines is 1. The second-order valence-electron chi connectivity index (χ2n) is 6.70. The summed E-state index contributed by atoms with van der Waals surface area (Å²) in [5.74, 6) is 0.381. The standard InChI is InChI=1S/C20H21F2N3O3/c1-11-8-14(4-5-17(11)28-10-18(21)22)12(2)25-9-16-15(20(25)27)6-7-23-19(16)24-13(3)26/h4-8,12,18H,9-10H2,1-3H3,(H,23,24,26). The van der Waals surface area contributed by atoms with Crippen LogP contribution in [0.1, 0.15) is 46.9 Å². The average Bonchev–Trinajstić information content (AvgIpc) is 2.97. The Labute approximate surface area is 161 Å². The van der Waals surface area contributed by atoms with Crippen LogP contribution in [0.5, 0.6) is 5.75 Å². The summed E-state index contributed by atoms with van der Waals surface area (Å²) < 4.78 is 29.8. The number of alkyl halides is 2. The smallest absolute Gasteiger partial charge is 0.272 e. The molecule has 2 amide bonds. The fourth-order valence-corrected chi connectivity index (χ4v) is 3.26. The first-order valence-corrected chi connectivity index (χ1v) is 8.86. The summed E-state index contributed by atoms with van der Waals surface area (Å²) in [6, 6.07) is 6.62. The number of ether oxygens (including phenoxy) is 1. The van der Waals surface area contributed by atoms with Gasteiger partial charge in [-0.2, -0.15) is 0 Å². The molecule has 1 aliphatic rings. The van der Waals surface area contributed by atoms with Crippen molar-refractivity contribution in [2.45, 2.75) is 39.8 Å². The minimum Gasteiger partial charge on any atom is -0.487 e. The summed E-state index contributed by atoms with van der Waals surface area (Å²) in [7, 11) is 0. The third-order valence-electron chi connectivity index (χ3n) is 4.68. The highest BCUT2D eigenvalue weighted by Crippen LogP contribution is 2.35. The summed E-state index contributed by atoms with van der Waals surface area (Å²) >= 11 is 0. The molecule has 2 aromatic rings. The maximum atomic E-state index is 12.9. The summed E-state index contributed by atoms with van der Waals surface area (Å²) in [5, 5.41) is 2.66.